The van der Waals surface area contributed by atoms with E-state index in [9.17, 15) is 9.46 Å². The van der Waals surface area contributed by atoms with Gasteiger partial charge in [0.15, 0.2) is 0 Å². The third-order valence-electron chi connectivity index (χ3n) is 4.03. The molecule has 0 aromatic rings. The third-order valence-corrected chi connectivity index (χ3v) is 4.98. The molecular weight excluding hydrogens is 310 g/mol. The van der Waals surface area contributed by atoms with Gasteiger partial charge in [-0.1, -0.05) is 66.2 Å². The Morgan fingerprint density at radius 3 is 1.55 bits per heavy atom. The van der Waals surface area contributed by atoms with Gasteiger partial charge in [0.05, 0.1) is 13.2 Å². The van der Waals surface area contributed by atoms with Gasteiger partial charge in [0, 0.05) is 1.43 Å². The average molecular weight is 348 g/mol. The number of phosphoric ester groups is 1. The fraction of sp³-hybridized carbons (Fsp3) is 1.00. The molecule has 0 saturated carbocycles. The van der Waals surface area contributed by atoms with Crippen molar-refractivity contribution in [3.63, 3.8) is 0 Å². The Hall–Kier alpha value is 1.11. The maximum absolute atomic E-state index is 11.9. The molecule has 0 spiro atoms. The molecule has 0 aliphatic heterocycles. The summed E-state index contributed by atoms with van der Waals surface area (Å²) in [5.74, 6) is 0.687. The molecule has 0 aliphatic carbocycles. The van der Waals surface area contributed by atoms with Crippen LogP contribution < -0.4 is 0 Å². The van der Waals surface area contributed by atoms with Crippen molar-refractivity contribution in [2.45, 2.75) is 79.1 Å². The maximum atomic E-state index is 11.9. The van der Waals surface area contributed by atoms with E-state index in [1.165, 1.54) is 0 Å². The van der Waals surface area contributed by atoms with Crippen LogP contribution in [0.4, 0.5) is 0 Å². The van der Waals surface area contributed by atoms with Crippen molar-refractivity contribution in [2.24, 2.45) is 11.8 Å². The molecule has 0 saturated heterocycles. The molecule has 2 atom stereocenters. The van der Waals surface area contributed by atoms with Gasteiger partial charge in [0.25, 0.3) is 0 Å². The predicted octanol–water partition coefficient (Wildman–Crippen LogP) is 5.15. The first-order valence-electron chi connectivity index (χ1n) is 8.60. The van der Waals surface area contributed by atoms with E-state index < -0.39 is 7.82 Å². The zero-order valence-corrected chi connectivity index (χ0v) is 15.2. The van der Waals surface area contributed by atoms with Crippen molar-refractivity contribution in [3.8, 4) is 0 Å². The Bertz CT molecular complexity index is 271. The molecule has 0 aliphatic rings. The Kier molecular flexibility index (Phi) is 18.0. The Morgan fingerprint density at radius 1 is 0.909 bits per heavy atom. The summed E-state index contributed by atoms with van der Waals surface area (Å²) in [6.07, 6.45) is 8.56. The van der Waals surface area contributed by atoms with Gasteiger partial charge in [0.2, 0.25) is 0 Å². The van der Waals surface area contributed by atoms with E-state index in [1.807, 2.05) is 0 Å². The summed E-state index contributed by atoms with van der Waals surface area (Å²) in [4.78, 5) is 9.77. The van der Waals surface area contributed by atoms with Crippen LogP contribution in [0.3, 0.4) is 0 Å². The summed E-state index contributed by atoms with van der Waals surface area (Å²) in [5.41, 5.74) is 0. The molecule has 0 rings (SSSR count). The normalized spacial score (nSPS) is 16.6. The molecule has 2 unspecified atom stereocenters. The SMILES string of the molecule is CCCCC(CC)COP(=O)(O)OCC(CC)CCCC.[HH].[NaH]. The number of hydrogen-bond donors (Lipinski definition) is 1. The van der Waals surface area contributed by atoms with E-state index in [-0.39, 0.29) is 31.0 Å². The van der Waals surface area contributed by atoms with Crippen molar-refractivity contribution in [1.82, 2.24) is 0 Å². The summed E-state index contributed by atoms with van der Waals surface area (Å²) in [7, 11) is -3.89. The average Bonchev–Trinajstić information content (AvgIpc) is 2.47. The van der Waals surface area contributed by atoms with Gasteiger partial charge in [0.1, 0.15) is 0 Å². The first-order valence-corrected chi connectivity index (χ1v) is 10.1. The molecule has 0 heterocycles. The zero-order valence-electron chi connectivity index (χ0n) is 14.3. The summed E-state index contributed by atoms with van der Waals surface area (Å²) in [5, 5.41) is 0. The first kappa shape index (κ1) is 25.4. The third kappa shape index (κ3) is 13.5. The van der Waals surface area contributed by atoms with Gasteiger partial charge < -0.3 is 4.89 Å². The summed E-state index contributed by atoms with van der Waals surface area (Å²) in [6.45, 7) is 9.10. The minimum atomic E-state index is -3.89. The van der Waals surface area contributed by atoms with E-state index in [4.69, 9.17) is 9.05 Å². The topological polar surface area (TPSA) is 55.8 Å². The van der Waals surface area contributed by atoms with Crippen LogP contribution >= 0.6 is 7.82 Å². The summed E-state index contributed by atoms with van der Waals surface area (Å²) >= 11 is 0. The van der Waals surface area contributed by atoms with Crippen LogP contribution in [0.2, 0.25) is 0 Å². The van der Waals surface area contributed by atoms with Crippen molar-refractivity contribution in [2.75, 3.05) is 13.2 Å². The molecular formula is C16H38NaO4P. The van der Waals surface area contributed by atoms with Crippen LogP contribution in [0.25, 0.3) is 0 Å². The monoisotopic (exact) mass is 348 g/mol. The Morgan fingerprint density at radius 2 is 1.27 bits per heavy atom. The predicted molar refractivity (Wildman–Crippen MR) is 97.6 cm³/mol. The van der Waals surface area contributed by atoms with E-state index >= 15 is 0 Å². The molecule has 0 aromatic heterocycles. The van der Waals surface area contributed by atoms with E-state index in [2.05, 4.69) is 27.7 Å². The molecule has 0 aromatic carbocycles. The Labute approximate surface area is 161 Å². The number of rotatable bonds is 14. The first-order chi connectivity index (χ1) is 9.99. The molecule has 4 nitrogen and oxygen atoms in total. The fourth-order valence-electron chi connectivity index (χ4n) is 2.23. The quantitative estimate of drug-likeness (QED) is 0.348. The van der Waals surface area contributed by atoms with Crippen molar-refractivity contribution in [1.29, 1.82) is 0 Å². The van der Waals surface area contributed by atoms with E-state index in [0.29, 0.717) is 25.0 Å². The number of hydrogen-bond acceptors (Lipinski definition) is 3. The molecule has 1 N–H and O–H groups in total. The van der Waals surface area contributed by atoms with E-state index in [0.717, 1.165) is 51.4 Å². The second kappa shape index (κ2) is 15.6. The van der Waals surface area contributed by atoms with Crippen LogP contribution in [-0.2, 0) is 13.6 Å². The molecule has 0 radical (unpaired) electrons. The number of phosphoric acid groups is 1. The van der Waals surface area contributed by atoms with Crippen LogP contribution in [-0.4, -0.2) is 47.7 Å². The Balaban J connectivity index is -0.00000200. The summed E-state index contributed by atoms with van der Waals surface area (Å²) < 4.78 is 22.2. The van der Waals surface area contributed by atoms with Crippen LogP contribution in [0.15, 0.2) is 0 Å². The molecule has 0 amide bonds. The van der Waals surface area contributed by atoms with Gasteiger partial charge in [-0.2, -0.15) is 0 Å². The molecule has 22 heavy (non-hydrogen) atoms. The minimum absolute atomic E-state index is 0. The van der Waals surface area contributed by atoms with Crippen molar-refractivity contribution >= 4 is 37.4 Å². The van der Waals surface area contributed by atoms with Crippen LogP contribution in [0.1, 0.15) is 80.5 Å². The fourth-order valence-corrected chi connectivity index (χ4v) is 3.11. The standard InChI is InChI=1S/C16H35O4P.Na.H2.H/c1-5-9-11-15(7-3)13-19-21(17,18)20-14-16(8-4)12-10-6-2;;;/h15-16H,5-14H2,1-4H3,(H,17,18);;1H;. The van der Waals surface area contributed by atoms with Gasteiger partial charge in [-0.15, -0.1) is 0 Å². The molecule has 132 valence electrons. The van der Waals surface area contributed by atoms with Crippen LogP contribution in [0, 0.1) is 11.8 Å². The van der Waals surface area contributed by atoms with Crippen molar-refractivity contribution in [3.05, 3.63) is 0 Å². The van der Waals surface area contributed by atoms with E-state index in [1.54, 1.807) is 0 Å². The second-order valence-corrected chi connectivity index (χ2v) is 7.35. The van der Waals surface area contributed by atoms with Crippen LogP contribution in [0.5, 0.6) is 0 Å². The van der Waals surface area contributed by atoms with Crippen molar-refractivity contribution < 1.29 is 19.9 Å². The van der Waals surface area contributed by atoms with Gasteiger partial charge in [-0.25, -0.2) is 4.57 Å². The van der Waals surface area contributed by atoms with Gasteiger partial charge >= 0.3 is 37.4 Å². The molecule has 6 heteroatoms. The molecule has 0 bridgehead atoms. The van der Waals surface area contributed by atoms with Gasteiger partial charge in [-0.3, -0.25) is 9.05 Å². The number of unbranched alkanes of at least 4 members (excludes halogenated alkanes) is 2. The zero-order chi connectivity index (χ0) is 16.1. The summed E-state index contributed by atoms with van der Waals surface area (Å²) in [6, 6.07) is 0. The second-order valence-electron chi connectivity index (χ2n) is 5.89. The van der Waals surface area contributed by atoms with Gasteiger partial charge in [-0.05, 0) is 24.7 Å². The molecule has 0 fully saturated rings.